The maximum atomic E-state index is 11.4. The molecular weight excluding hydrogens is 246 g/mol. The monoisotopic (exact) mass is 265 g/mol. The molecule has 1 fully saturated rings. The van der Waals surface area contributed by atoms with Gasteiger partial charge in [-0.1, -0.05) is 0 Å². The summed E-state index contributed by atoms with van der Waals surface area (Å²) in [5.41, 5.74) is 7.08. The van der Waals surface area contributed by atoms with E-state index < -0.39 is 17.4 Å². The quantitative estimate of drug-likeness (QED) is 0.849. The van der Waals surface area contributed by atoms with Gasteiger partial charge in [-0.15, -0.1) is 0 Å². The van der Waals surface area contributed by atoms with Crippen molar-refractivity contribution in [1.82, 2.24) is 0 Å². The van der Waals surface area contributed by atoms with Gasteiger partial charge in [0.15, 0.2) is 11.5 Å². The van der Waals surface area contributed by atoms with Gasteiger partial charge in [-0.25, -0.2) is 0 Å². The summed E-state index contributed by atoms with van der Waals surface area (Å²) >= 11 is 0. The van der Waals surface area contributed by atoms with Crippen LogP contribution in [0.25, 0.3) is 0 Å². The third kappa shape index (κ3) is 2.14. The molecule has 1 aliphatic carbocycles. The lowest BCUT2D eigenvalue weighted by Gasteiger charge is -2.22. The molecule has 1 aromatic carbocycles. The van der Waals surface area contributed by atoms with Crippen LogP contribution in [0, 0.1) is 12.3 Å². The number of hydrogen-bond donors (Lipinski definition) is 2. The van der Waals surface area contributed by atoms with Crippen LogP contribution in [0.3, 0.4) is 0 Å². The summed E-state index contributed by atoms with van der Waals surface area (Å²) < 4.78 is 10.5. The molecule has 1 saturated carbocycles. The Morgan fingerprint density at radius 3 is 2.26 bits per heavy atom. The molecule has 1 aromatic rings. The third-order valence-electron chi connectivity index (χ3n) is 3.92. The standard InChI is InChI=1S/C14H19NO4/c1-8-6-10(18-2)11(19-3)7-9(8)12(15)14(4-5-14)13(16)17/h6-7,12H,4-5,15H2,1-3H3,(H,16,17). The highest BCUT2D eigenvalue weighted by molar-refractivity contribution is 5.79. The minimum absolute atomic E-state index is 0.523. The van der Waals surface area contributed by atoms with Crippen LogP contribution in [0.2, 0.25) is 0 Å². The smallest absolute Gasteiger partial charge is 0.311 e. The number of ether oxygens (including phenoxy) is 2. The number of benzene rings is 1. The van der Waals surface area contributed by atoms with Crippen LogP contribution < -0.4 is 15.2 Å². The van der Waals surface area contributed by atoms with E-state index in [0.29, 0.717) is 24.3 Å². The van der Waals surface area contributed by atoms with Crippen LogP contribution in [-0.4, -0.2) is 25.3 Å². The highest BCUT2D eigenvalue weighted by atomic mass is 16.5. The summed E-state index contributed by atoms with van der Waals surface area (Å²) in [7, 11) is 3.11. The van der Waals surface area contributed by atoms with E-state index in [-0.39, 0.29) is 0 Å². The zero-order valence-corrected chi connectivity index (χ0v) is 11.4. The fourth-order valence-corrected chi connectivity index (χ4v) is 2.42. The summed E-state index contributed by atoms with van der Waals surface area (Å²) in [5, 5.41) is 9.32. The van der Waals surface area contributed by atoms with E-state index in [1.807, 2.05) is 13.0 Å². The molecule has 5 heteroatoms. The predicted molar refractivity (Wildman–Crippen MR) is 70.5 cm³/mol. The molecule has 0 heterocycles. The highest BCUT2D eigenvalue weighted by Crippen LogP contribution is 2.55. The number of carboxylic acids is 1. The van der Waals surface area contributed by atoms with Crippen LogP contribution >= 0.6 is 0 Å². The van der Waals surface area contributed by atoms with Gasteiger partial charge in [0.1, 0.15) is 0 Å². The molecule has 0 saturated heterocycles. The van der Waals surface area contributed by atoms with Crippen LogP contribution in [0.1, 0.15) is 30.0 Å². The van der Waals surface area contributed by atoms with E-state index in [9.17, 15) is 9.90 Å². The molecule has 0 aromatic heterocycles. The largest absolute Gasteiger partial charge is 0.493 e. The molecule has 3 N–H and O–H groups in total. The van der Waals surface area contributed by atoms with E-state index in [1.54, 1.807) is 20.3 Å². The molecule has 1 unspecified atom stereocenters. The third-order valence-corrected chi connectivity index (χ3v) is 3.92. The molecule has 0 aliphatic heterocycles. The number of rotatable bonds is 5. The van der Waals surface area contributed by atoms with Crippen molar-refractivity contribution in [1.29, 1.82) is 0 Å². The first-order valence-electron chi connectivity index (χ1n) is 6.17. The van der Waals surface area contributed by atoms with E-state index >= 15 is 0 Å². The maximum Gasteiger partial charge on any atom is 0.311 e. The van der Waals surface area contributed by atoms with Crippen molar-refractivity contribution < 1.29 is 19.4 Å². The van der Waals surface area contributed by atoms with E-state index in [1.165, 1.54) is 0 Å². The first kappa shape index (κ1) is 13.7. The van der Waals surface area contributed by atoms with Crippen molar-refractivity contribution >= 4 is 5.97 Å². The van der Waals surface area contributed by atoms with E-state index in [4.69, 9.17) is 15.2 Å². The highest BCUT2D eigenvalue weighted by Gasteiger charge is 2.55. The molecule has 19 heavy (non-hydrogen) atoms. The number of aliphatic carboxylic acids is 1. The average molecular weight is 265 g/mol. The fourth-order valence-electron chi connectivity index (χ4n) is 2.42. The number of methoxy groups -OCH3 is 2. The molecule has 0 radical (unpaired) electrons. The molecule has 104 valence electrons. The average Bonchev–Trinajstić information content (AvgIpc) is 3.19. The van der Waals surface area contributed by atoms with Crippen LogP contribution in [0.15, 0.2) is 12.1 Å². The molecule has 2 rings (SSSR count). The first-order chi connectivity index (χ1) is 8.96. The molecule has 0 spiro atoms. The van der Waals surface area contributed by atoms with Crippen molar-refractivity contribution in [3.8, 4) is 11.5 Å². The van der Waals surface area contributed by atoms with Gasteiger partial charge >= 0.3 is 5.97 Å². The van der Waals surface area contributed by atoms with Gasteiger partial charge in [0, 0.05) is 6.04 Å². The molecule has 0 amide bonds. The van der Waals surface area contributed by atoms with Crippen molar-refractivity contribution in [3.05, 3.63) is 23.3 Å². The van der Waals surface area contributed by atoms with Crippen LogP contribution in [0.5, 0.6) is 11.5 Å². The number of carboxylic acid groups (broad SMARTS) is 1. The first-order valence-corrected chi connectivity index (χ1v) is 6.17. The summed E-state index contributed by atoms with van der Waals surface area (Å²) in [6, 6.07) is 3.08. The number of aryl methyl sites for hydroxylation is 1. The maximum absolute atomic E-state index is 11.4. The van der Waals surface area contributed by atoms with Gasteiger partial charge in [-0.3, -0.25) is 4.79 Å². The van der Waals surface area contributed by atoms with Crippen molar-refractivity contribution in [2.24, 2.45) is 11.1 Å². The van der Waals surface area contributed by atoms with Crippen LogP contribution in [0.4, 0.5) is 0 Å². The Morgan fingerprint density at radius 2 is 1.84 bits per heavy atom. The summed E-state index contributed by atoms with van der Waals surface area (Å²) in [6.07, 6.45) is 1.24. The summed E-state index contributed by atoms with van der Waals surface area (Å²) in [4.78, 5) is 11.4. The van der Waals surface area contributed by atoms with Gasteiger partial charge in [0.25, 0.3) is 0 Å². The molecule has 1 aliphatic rings. The Morgan fingerprint density at radius 1 is 1.32 bits per heavy atom. The lowest BCUT2D eigenvalue weighted by molar-refractivity contribution is -0.144. The van der Waals surface area contributed by atoms with Gasteiger partial charge < -0.3 is 20.3 Å². The Hall–Kier alpha value is -1.75. The Bertz CT molecular complexity index is 508. The van der Waals surface area contributed by atoms with Gasteiger partial charge in [-0.2, -0.15) is 0 Å². The van der Waals surface area contributed by atoms with Crippen molar-refractivity contribution in [2.45, 2.75) is 25.8 Å². The second-order valence-electron chi connectivity index (χ2n) is 5.00. The lowest BCUT2D eigenvalue weighted by Crippen LogP contribution is -2.30. The Labute approximate surface area is 112 Å². The van der Waals surface area contributed by atoms with Crippen LogP contribution in [-0.2, 0) is 4.79 Å². The van der Waals surface area contributed by atoms with Gasteiger partial charge in [0.2, 0.25) is 0 Å². The summed E-state index contributed by atoms with van der Waals surface area (Å²) in [6.45, 7) is 1.90. The predicted octanol–water partition coefficient (Wildman–Crippen LogP) is 1.88. The molecular formula is C14H19NO4. The van der Waals surface area contributed by atoms with Gasteiger partial charge in [-0.05, 0) is 43.0 Å². The molecule has 0 bridgehead atoms. The van der Waals surface area contributed by atoms with Crippen molar-refractivity contribution in [2.75, 3.05) is 14.2 Å². The molecule has 5 nitrogen and oxygen atoms in total. The minimum Gasteiger partial charge on any atom is -0.493 e. The minimum atomic E-state index is -0.825. The number of hydrogen-bond acceptors (Lipinski definition) is 4. The van der Waals surface area contributed by atoms with E-state index in [0.717, 1.165) is 11.1 Å². The molecule has 1 atom stereocenters. The topological polar surface area (TPSA) is 81.8 Å². The fraction of sp³-hybridized carbons (Fsp3) is 0.500. The van der Waals surface area contributed by atoms with Crippen molar-refractivity contribution in [3.63, 3.8) is 0 Å². The zero-order chi connectivity index (χ0) is 14.2. The Balaban J connectivity index is 2.43. The number of carbonyl (C=O) groups is 1. The second kappa shape index (κ2) is 4.74. The normalized spacial score (nSPS) is 17.7. The Kier molecular flexibility index (Phi) is 3.41. The SMILES string of the molecule is COc1cc(C)c(C(N)C2(C(=O)O)CC2)cc1OC. The lowest BCUT2D eigenvalue weighted by atomic mass is 9.88. The second-order valence-corrected chi connectivity index (χ2v) is 5.00. The van der Waals surface area contributed by atoms with Gasteiger partial charge in [0.05, 0.1) is 19.6 Å². The number of nitrogens with two attached hydrogens (primary N) is 1. The van der Waals surface area contributed by atoms with E-state index in [2.05, 4.69) is 0 Å². The summed E-state index contributed by atoms with van der Waals surface area (Å²) in [5.74, 6) is 0.366. The zero-order valence-electron chi connectivity index (χ0n) is 11.4.